The highest BCUT2D eigenvalue weighted by Crippen LogP contribution is 2.53. The van der Waals surface area contributed by atoms with E-state index < -0.39 is 0 Å². The van der Waals surface area contributed by atoms with Gasteiger partial charge in [-0.2, -0.15) is 0 Å². The van der Waals surface area contributed by atoms with E-state index in [9.17, 15) is 0 Å². The normalized spacial score (nSPS) is 13.1. The zero-order valence-electron chi connectivity index (χ0n) is 32.4. The molecular weight excluding hydrogens is 701 g/mol. The number of benzene rings is 10. The molecule has 1 heterocycles. The summed E-state index contributed by atoms with van der Waals surface area (Å²) in [7, 11) is 0. The molecule has 11 aromatic rings. The molecule has 272 valence electrons. The molecule has 12 rings (SSSR count). The van der Waals surface area contributed by atoms with Gasteiger partial charge in [0.2, 0.25) is 0 Å². The van der Waals surface area contributed by atoms with Gasteiger partial charge < -0.3 is 4.42 Å². The Kier molecular flexibility index (Phi) is 7.04. The first-order chi connectivity index (χ1) is 28.5. The largest absolute Gasteiger partial charge is 0.456 e. The highest BCUT2D eigenvalue weighted by atomic mass is 16.3. The van der Waals surface area contributed by atoms with Crippen LogP contribution in [0, 0.1) is 0 Å². The van der Waals surface area contributed by atoms with Crippen LogP contribution in [0.4, 0.5) is 0 Å². The van der Waals surface area contributed by atoms with Crippen LogP contribution < -0.4 is 0 Å². The third kappa shape index (κ3) is 4.83. The van der Waals surface area contributed by atoms with Gasteiger partial charge in [-0.25, -0.2) is 0 Å². The molecule has 58 heavy (non-hydrogen) atoms. The van der Waals surface area contributed by atoms with Crippen LogP contribution in [0.3, 0.4) is 0 Å². The Morgan fingerprint density at radius 3 is 1.52 bits per heavy atom. The molecule has 0 N–H and O–H groups in total. The molecule has 0 aliphatic heterocycles. The maximum Gasteiger partial charge on any atom is 0.135 e. The molecule has 0 radical (unpaired) electrons. The summed E-state index contributed by atoms with van der Waals surface area (Å²) in [4.78, 5) is 0. The van der Waals surface area contributed by atoms with Crippen LogP contribution in [0.15, 0.2) is 199 Å². The molecule has 1 aliphatic carbocycles. The zero-order chi connectivity index (χ0) is 38.5. The van der Waals surface area contributed by atoms with Crippen molar-refractivity contribution in [3.63, 3.8) is 0 Å². The molecule has 0 amide bonds. The van der Waals surface area contributed by atoms with Crippen LogP contribution in [-0.4, -0.2) is 0 Å². The van der Waals surface area contributed by atoms with Crippen molar-refractivity contribution < 1.29 is 4.42 Å². The van der Waals surface area contributed by atoms with E-state index in [0.717, 1.165) is 21.9 Å². The summed E-state index contributed by atoms with van der Waals surface area (Å²) in [6, 6.07) is 71.6. The van der Waals surface area contributed by atoms with E-state index in [1.807, 2.05) is 12.1 Å². The predicted molar refractivity (Wildman–Crippen MR) is 246 cm³/mol. The van der Waals surface area contributed by atoms with Crippen LogP contribution in [0.25, 0.3) is 110 Å². The van der Waals surface area contributed by atoms with E-state index in [0.29, 0.717) is 0 Å². The Morgan fingerprint density at radius 2 is 0.828 bits per heavy atom. The number of hydrogen-bond donors (Lipinski definition) is 0. The number of hydrogen-bond acceptors (Lipinski definition) is 1. The lowest BCUT2D eigenvalue weighted by Crippen LogP contribution is -2.14. The van der Waals surface area contributed by atoms with Crippen molar-refractivity contribution in [3.8, 4) is 55.6 Å². The van der Waals surface area contributed by atoms with E-state index in [2.05, 4.69) is 196 Å². The van der Waals surface area contributed by atoms with Gasteiger partial charge in [-0.15, -0.1) is 0 Å². The Bertz CT molecular complexity index is 3430. The second-order valence-electron chi connectivity index (χ2n) is 16.4. The Labute approximate surface area is 337 Å². The second kappa shape index (κ2) is 12.4. The molecule has 0 spiro atoms. The lowest BCUT2D eigenvalue weighted by molar-refractivity contribution is 0.661. The smallest absolute Gasteiger partial charge is 0.135 e. The van der Waals surface area contributed by atoms with Crippen molar-refractivity contribution in [2.24, 2.45) is 0 Å². The molecule has 0 saturated heterocycles. The first-order valence-electron chi connectivity index (χ1n) is 20.2. The fourth-order valence-electron chi connectivity index (χ4n) is 10.1. The van der Waals surface area contributed by atoms with E-state index in [4.69, 9.17) is 4.42 Å². The quantitative estimate of drug-likeness (QED) is 0.164. The minimum absolute atomic E-state index is 0.0950. The SMILES string of the molecule is CC1(C)c2cc3ccccc3cc2-c2c(-c3cccc(-c4c5ccccc5c(-c5cccc(-c6ccc7oc8ccccc8c7c6)c5)c5ccccc45)c3)cccc21. The number of rotatable bonds is 4. The second-order valence-corrected chi connectivity index (χ2v) is 16.4. The number of furan rings is 1. The van der Waals surface area contributed by atoms with Gasteiger partial charge in [0.15, 0.2) is 0 Å². The van der Waals surface area contributed by atoms with Crippen molar-refractivity contribution in [2.75, 3.05) is 0 Å². The summed E-state index contributed by atoms with van der Waals surface area (Å²) in [6.45, 7) is 4.75. The number of fused-ring (bicyclic) bond motifs is 9. The van der Waals surface area contributed by atoms with E-state index in [1.54, 1.807) is 0 Å². The molecule has 1 nitrogen and oxygen atoms in total. The van der Waals surface area contributed by atoms with Gasteiger partial charge in [-0.1, -0.05) is 166 Å². The third-order valence-electron chi connectivity index (χ3n) is 12.8. The van der Waals surface area contributed by atoms with Crippen LogP contribution in [0.2, 0.25) is 0 Å². The lowest BCUT2D eigenvalue weighted by atomic mass is 9.81. The van der Waals surface area contributed by atoms with Crippen molar-refractivity contribution in [1.82, 2.24) is 0 Å². The molecule has 0 fully saturated rings. The summed E-state index contributed by atoms with van der Waals surface area (Å²) in [5.41, 5.74) is 17.1. The number of para-hydroxylation sites is 1. The fourth-order valence-corrected chi connectivity index (χ4v) is 10.1. The monoisotopic (exact) mass is 738 g/mol. The molecule has 1 aliphatic rings. The van der Waals surface area contributed by atoms with Crippen LogP contribution in [0.1, 0.15) is 25.0 Å². The summed E-state index contributed by atoms with van der Waals surface area (Å²) >= 11 is 0. The van der Waals surface area contributed by atoms with Gasteiger partial charge in [-0.3, -0.25) is 0 Å². The van der Waals surface area contributed by atoms with Crippen LogP contribution >= 0.6 is 0 Å². The summed E-state index contributed by atoms with van der Waals surface area (Å²) in [5, 5.41) is 9.86. The molecule has 0 atom stereocenters. The van der Waals surface area contributed by atoms with Crippen molar-refractivity contribution >= 4 is 54.3 Å². The lowest BCUT2D eigenvalue weighted by Gasteiger charge is -2.22. The molecule has 1 heteroatoms. The van der Waals surface area contributed by atoms with Gasteiger partial charge in [0.25, 0.3) is 0 Å². The molecule has 1 aromatic heterocycles. The molecule has 0 unspecified atom stereocenters. The molecule has 0 saturated carbocycles. The van der Waals surface area contributed by atoms with Gasteiger partial charge in [0, 0.05) is 16.2 Å². The topological polar surface area (TPSA) is 13.1 Å². The van der Waals surface area contributed by atoms with Crippen molar-refractivity contribution in [1.29, 1.82) is 0 Å². The van der Waals surface area contributed by atoms with Crippen LogP contribution in [0.5, 0.6) is 0 Å². The average molecular weight is 739 g/mol. The minimum Gasteiger partial charge on any atom is -0.456 e. The van der Waals surface area contributed by atoms with E-state index >= 15 is 0 Å². The minimum atomic E-state index is -0.0950. The first-order valence-corrected chi connectivity index (χ1v) is 20.2. The zero-order valence-corrected chi connectivity index (χ0v) is 32.4. The first kappa shape index (κ1) is 33.0. The van der Waals surface area contributed by atoms with Crippen molar-refractivity contribution in [3.05, 3.63) is 205 Å². The third-order valence-corrected chi connectivity index (χ3v) is 12.8. The highest BCUT2D eigenvalue weighted by molar-refractivity contribution is 6.21. The Hall–Kier alpha value is -7.22. The Morgan fingerprint density at radius 1 is 0.310 bits per heavy atom. The molecule has 0 bridgehead atoms. The van der Waals surface area contributed by atoms with Gasteiger partial charge in [0.1, 0.15) is 11.2 Å². The molecular formula is C57H38O. The predicted octanol–water partition coefficient (Wildman–Crippen LogP) is 16.0. The maximum atomic E-state index is 6.17. The summed E-state index contributed by atoms with van der Waals surface area (Å²) in [5.74, 6) is 0. The van der Waals surface area contributed by atoms with Gasteiger partial charge in [-0.05, 0) is 142 Å². The average Bonchev–Trinajstić information content (AvgIpc) is 3.75. The Balaban J connectivity index is 1.03. The van der Waals surface area contributed by atoms with Gasteiger partial charge >= 0.3 is 0 Å². The summed E-state index contributed by atoms with van der Waals surface area (Å²) in [6.07, 6.45) is 0. The van der Waals surface area contributed by atoms with Crippen LogP contribution in [-0.2, 0) is 5.41 Å². The fraction of sp³-hybridized carbons (Fsp3) is 0.0526. The maximum absolute atomic E-state index is 6.17. The molecule has 10 aromatic carbocycles. The van der Waals surface area contributed by atoms with E-state index in [-0.39, 0.29) is 5.41 Å². The standard InChI is InChI=1S/C57H38O/c1-57(2)50-26-13-25-42(56(50)49-33-36-14-3-4-15-37(36)34-51(49)57)39-17-12-19-41(31-39)55-46-23-7-5-21-44(46)54(45-22-6-8-24-47(45)55)40-18-11-16-35(30-40)38-28-29-53-48(32-38)43-20-9-10-27-52(43)58-53/h3-34H,1-2H3. The van der Waals surface area contributed by atoms with E-state index in [1.165, 1.54) is 99.1 Å². The van der Waals surface area contributed by atoms with Crippen molar-refractivity contribution in [2.45, 2.75) is 19.3 Å². The van der Waals surface area contributed by atoms with Gasteiger partial charge in [0.05, 0.1) is 0 Å². The highest BCUT2D eigenvalue weighted by Gasteiger charge is 2.37. The summed E-state index contributed by atoms with van der Waals surface area (Å²) < 4.78 is 6.17.